The van der Waals surface area contributed by atoms with Crippen molar-refractivity contribution < 1.29 is 14.4 Å². The van der Waals surface area contributed by atoms with Gasteiger partial charge in [0, 0.05) is 5.56 Å². The molecule has 1 heterocycles. The zero-order chi connectivity index (χ0) is 22.4. The maximum Gasteiger partial charge on any atom is 0.266 e. The molecule has 1 atom stereocenters. The lowest BCUT2D eigenvalue weighted by molar-refractivity contribution is 0.0919. The number of fused-ring (bicyclic) bond motifs is 1. The summed E-state index contributed by atoms with van der Waals surface area (Å²) in [7, 11) is 0. The zero-order valence-electron chi connectivity index (χ0n) is 18.1. The van der Waals surface area contributed by atoms with Crippen LogP contribution in [-0.2, 0) is 0 Å². The second-order valence-electron chi connectivity index (χ2n) is 8.70. The summed E-state index contributed by atoms with van der Waals surface area (Å²) in [6.45, 7) is 3.80. The number of imide groups is 1. The van der Waals surface area contributed by atoms with Crippen molar-refractivity contribution in [2.75, 3.05) is 4.90 Å². The van der Waals surface area contributed by atoms with Gasteiger partial charge in [0.15, 0.2) is 0 Å². The average molecular weight is 425 g/mol. The average Bonchev–Trinajstić information content (AvgIpc) is 3.61. The summed E-state index contributed by atoms with van der Waals surface area (Å²) < 4.78 is 0. The van der Waals surface area contributed by atoms with Gasteiger partial charge in [-0.3, -0.25) is 14.4 Å². The maximum absolute atomic E-state index is 13.2. The molecule has 32 heavy (non-hydrogen) atoms. The predicted octanol–water partition coefficient (Wildman–Crippen LogP) is 4.99. The molecule has 1 unspecified atom stereocenters. The van der Waals surface area contributed by atoms with Crippen LogP contribution in [0.25, 0.3) is 0 Å². The summed E-state index contributed by atoms with van der Waals surface area (Å²) in [6.07, 6.45) is 2.17. The molecule has 3 aromatic rings. The third kappa shape index (κ3) is 3.50. The number of hydrogen-bond donors (Lipinski definition) is 1. The summed E-state index contributed by atoms with van der Waals surface area (Å²) in [4.78, 5) is 40.5. The zero-order valence-corrected chi connectivity index (χ0v) is 18.1. The second kappa shape index (κ2) is 7.75. The number of nitrogens with one attached hydrogen (secondary N) is 1. The van der Waals surface area contributed by atoms with E-state index in [2.05, 4.69) is 5.32 Å². The fourth-order valence-electron chi connectivity index (χ4n) is 4.35. The molecule has 5 rings (SSSR count). The van der Waals surface area contributed by atoms with Gasteiger partial charge >= 0.3 is 0 Å². The van der Waals surface area contributed by atoms with Crippen LogP contribution >= 0.6 is 0 Å². The number of aryl methyl sites for hydroxylation is 2. The molecule has 5 heteroatoms. The van der Waals surface area contributed by atoms with Crippen LogP contribution in [0.3, 0.4) is 0 Å². The minimum atomic E-state index is -0.393. The quantitative estimate of drug-likeness (QED) is 0.587. The van der Waals surface area contributed by atoms with Crippen molar-refractivity contribution in [2.24, 2.45) is 5.92 Å². The Balaban J connectivity index is 1.43. The monoisotopic (exact) mass is 424 g/mol. The second-order valence-corrected chi connectivity index (χ2v) is 8.70. The van der Waals surface area contributed by atoms with Gasteiger partial charge in [-0.25, -0.2) is 4.90 Å². The predicted molar refractivity (Wildman–Crippen MR) is 123 cm³/mol. The van der Waals surface area contributed by atoms with Crippen molar-refractivity contribution >= 4 is 23.4 Å². The fraction of sp³-hybridized carbons (Fsp3) is 0.222. The Bertz CT molecular complexity index is 1250. The number of carbonyl (C=O) groups is 3. The Kier molecular flexibility index (Phi) is 4.89. The van der Waals surface area contributed by atoms with E-state index < -0.39 is 5.91 Å². The van der Waals surface area contributed by atoms with Crippen LogP contribution in [0.4, 0.5) is 5.69 Å². The van der Waals surface area contributed by atoms with E-state index in [1.807, 2.05) is 62.4 Å². The Morgan fingerprint density at radius 1 is 0.906 bits per heavy atom. The van der Waals surface area contributed by atoms with E-state index in [4.69, 9.17) is 0 Å². The minimum Gasteiger partial charge on any atom is -0.345 e. The highest BCUT2D eigenvalue weighted by molar-refractivity contribution is 6.35. The Hall–Kier alpha value is -3.73. The molecule has 0 saturated heterocycles. The highest BCUT2D eigenvalue weighted by Gasteiger charge is 2.38. The molecule has 0 radical (unpaired) electrons. The minimum absolute atomic E-state index is 0.0549. The number of benzene rings is 3. The van der Waals surface area contributed by atoms with E-state index in [0.29, 0.717) is 22.7 Å². The van der Waals surface area contributed by atoms with Crippen LogP contribution in [0.2, 0.25) is 0 Å². The van der Waals surface area contributed by atoms with E-state index in [-0.39, 0.29) is 23.4 Å². The lowest BCUT2D eigenvalue weighted by atomic mass is 10.0. The Labute approximate surface area is 187 Å². The number of amides is 3. The topological polar surface area (TPSA) is 66.5 Å². The fourth-order valence-corrected chi connectivity index (χ4v) is 4.35. The standard InChI is InChI=1S/C27H24N2O3/c1-16-8-9-17(2)23(14-16)29-26(31)21-13-12-20(15-22(21)27(29)32)25(30)28-24(19-10-11-19)18-6-4-3-5-7-18/h3-9,12-15,19,24H,10-11H2,1-2H3,(H,28,30). The molecule has 1 aliphatic heterocycles. The molecule has 3 aromatic carbocycles. The number of rotatable bonds is 5. The molecular weight excluding hydrogens is 400 g/mol. The molecule has 5 nitrogen and oxygen atoms in total. The highest BCUT2D eigenvalue weighted by Crippen LogP contribution is 2.41. The lowest BCUT2D eigenvalue weighted by Crippen LogP contribution is -2.30. The third-order valence-corrected chi connectivity index (χ3v) is 6.29. The number of nitrogens with zero attached hydrogens (tertiary/aromatic N) is 1. The van der Waals surface area contributed by atoms with Crippen molar-refractivity contribution in [1.82, 2.24) is 5.32 Å². The maximum atomic E-state index is 13.2. The van der Waals surface area contributed by atoms with Crippen LogP contribution in [0.5, 0.6) is 0 Å². The Morgan fingerprint density at radius 2 is 1.62 bits per heavy atom. The van der Waals surface area contributed by atoms with Gasteiger partial charge in [-0.05, 0) is 73.6 Å². The number of hydrogen-bond acceptors (Lipinski definition) is 3. The molecule has 1 N–H and O–H groups in total. The normalized spacial score (nSPS) is 16.1. The highest BCUT2D eigenvalue weighted by atomic mass is 16.2. The number of carbonyl (C=O) groups excluding carboxylic acids is 3. The van der Waals surface area contributed by atoms with Gasteiger partial charge in [-0.1, -0.05) is 42.5 Å². The summed E-state index contributed by atoms with van der Waals surface area (Å²) in [6, 6.07) is 20.3. The van der Waals surface area contributed by atoms with Crippen molar-refractivity contribution in [3.63, 3.8) is 0 Å². The molecule has 1 fully saturated rings. The van der Waals surface area contributed by atoms with Gasteiger partial charge in [0.25, 0.3) is 17.7 Å². The molecule has 160 valence electrons. The van der Waals surface area contributed by atoms with Gasteiger partial charge < -0.3 is 5.32 Å². The molecule has 3 amide bonds. The third-order valence-electron chi connectivity index (χ3n) is 6.29. The molecule has 1 aliphatic carbocycles. The number of anilines is 1. The first-order chi connectivity index (χ1) is 15.4. The first kappa shape index (κ1) is 20.2. The van der Waals surface area contributed by atoms with Gasteiger partial charge in [-0.15, -0.1) is 0 Å². The largest absolute Gasteiger partial charge is 0.345 e. The van der Waals surface area contributed by atoms with Gasteiger partial charge in [0.1, 0.15) is 0 Å². The van der Waals surface area contributed by atoms with E-state index >= 15 is 0 Å². The van der Waals surface area contributed by atoms with Crippen LogP contribution in [0.15, 0.2) is 66.7 Å². The van der Waals surface area contributed by atoms with Gasteiger partial charge in [0.2, 0.25) is 0 Å². The lowest BCUT2D eigenvalue weighted by Gasteiger charge is -2.19. The van der Waals surface area contributed by atoms with Gasteiger partial charge in [0.05, 0.1) is 22.9 Å². The van der Waals surface area contributed by atoms with E-state index in [1.54, 1.807) is 18.2 Å². The molecule has 0 aromatic heterocycles. The summed E-state index contributed by atoms with van der Waals surface area (Å²) in [5.41, 5.74) is 4.46. The smallest absolute Gasteiger partial charge is 0.266 e. The SMILES string of the molecule is Cc1ccc(C)c(N2C(=O)c3ccc(C(=O)NC(c4ccccc4)C4CC4)cc3C2=O)c1. The van der Waals surface area contributed by atoms with Crippen LogP contribution in [0, 0.1) is 19.8 Å². The molecular formula is C27H24N2O3. The summed E-state index contributed by atoms with van der Waals surface area (Å²) in [5, 5.41) is 3.14. The van der Waals surface area contributed by atoms with Crippen molar-refractivity contribution in [1.29, 1.82) is 0 Å². The van der Waals surface area contributed by atoms with Crippen LogP contribution in [-0.4, -0.2) is 17.7 Å². The van der Waals surface area contributed by atoms with Gasteiger partial charge in [-0.2, -0.15) is 0 Å². The molecule has 0 spiro atoms. The molecule has 2 aliphatic rings. The summed E-state index contributed by atoms with van der Waals surface area (Å²) in [5.74, 6) is -0.557. The first-order valence-corrected chi connectivity index (χ1v) is 10.9. The molecule has 1 saturated carbocycles. The molecule has 0 bridgehead atoms. The van der Waals surface area contributed by atoms with Crippen molar-refractivity contribution in [3.05, 3.63) is 100 Å². The Morgan fingerprint density at radius 3 is 2.34 bits per heavy atom. The van der Waals surface area contributed by atoms with Crippen LogP contribution in [0.1, 0.15) is 66.6 Å². The van der Waals surface area contributed by atoms with E-state index in [9.17, 15) is 14.4 Å². The van der Waals surface area contributed by atoms with Crippen molar-refractivity contribution in [3.8, 4) is 0 Å². The van der Waals surface area contributed by atoms with Crippen molar-refractivity contribution in [2.45, 2.75) is 32.7 Å². The summed E-state index contributed by atoms with van der Waals surface area (Å²) >= 11 is 0. The van der Waals surface area contributed by atoms with Crippen LogP contribution < -0.4 is 10.2 Å². The first-order valence-electron chi connectivity index (χ1n) is 10.9. The van der Waals surface area contributed by atoms with E-state index in [1.165, 1.54) is 4.90 Å². The van der Waals surface area contributed by atoms with E-state index in [0.717, 1.165) is 29.5 Å².